The fourth-order valence-corrected chi connectivity index (χ4v) is 6.77. The molecule has 0 radical (unpaired) electrons. The Morgan fingerprint density at radius 3 is 1.33 bits per heavy atom. The fourth-order valence-electron chi connectivity index (χ4n) is 6.77. The van der Waals surface area contributed by atoms with Crippen LogP contribution in [0.3, 0.4) is 0 Å². The zero-order chi connectivity index (χ0) is 35.2. The maximum absolute atomic E-state index is 7.15. The summed E-state index contributed by atoms with van der Waals surface area (Å²) in [4.78, 5) is 0. The van der Waals surface area contributed by atoms with Crippen LogP contribution in [0.4, 0.5) is 0 Å². The Hall–Kier alpha value is -4.88. The number of rotatable bonds is 16. The molecule has 0 aromatic heterocycles. The first-order valence-electron chi connectivity index (χ1n) is 18.1. The highest BCUT2D eigenvalue weighted by Gasteiger charge is 2.49. The van der Waals surface area contributed by atoms with E-state index < -0.39 is 30.5 Å². The predicted molar refractivity (Wildman–Crippen MR) is 204 cm³/mol. The molecule has 5 atom stereocenters. The van der Waals surface area contributed by atoms with Gasteiger partial charge in [0, 0.05) is 0 Å². The maximum atomic E-state index is 7.15. The molecule has 264 valence electrons. The first kappa shape index (κ1) is 35.5. The lowest BCUT2D eigenvalue weighted by Crippen LogP contribution is -2.58. The number of hydrogen-bond donors (Lipinski definition) is 0. The van der Waals surface area contributed by atoms with Crippen molar-refractivity contribution in [3.05, 3.63) is 215 Å². The quantitative estimate of drug-likeness (QED) is 0.101. The summed E-state index contributed by atoms with van der Waals surface area (Å²) in [6.45, 7) is 2.00. The average molecular weight is 691 g/mol. The Bertz CT molecular complexity index is 1890. The topological polar surface area (TPSA) is 46.2 Å². The van der Waals surface area contributed by atoms with Gasteiger partial charge in [0.15, 0.2) is 0 Å². The van der Waals surface area contributed by atoms with E-state index in [0.717, 1.165) is 34.2 Å². The van der Waals surface area contributed by atoms with Gasteiger partial charge in [0.2, 0.25) is 0 Å². The molecular formula is C47H46O5. The van der Waals surface area contributed by atoms with Crippen LogP contribution < -0.4 is 0 Å². The normalized spacial score (nSPS) is 20.0. The van der Waals surface area contributed by atoms with Gasteiger partial charge in [-0.1, -0.05) is 176 Å². The third-order valence-electron chi connectivity index (χ3n) is 9.41. The highest BCUT2D eigenvalue weighted by molar-refractivity contribution is 5.32. The van der Waals surface area contributed by atoms with Gasteiger partial charge in [-0.2, -0.15) is 0 Å². The number of hydrogen-bond acceptors (Lipinski definition) is 5. The fraction of sp³-hybridized carbons (Fsp3) is 0.234. The molecule has 2 unspecified atom stereocenters. The van der Waals surface area contributed by atoms with Crippen LogP contribution >= 0.6 is 0 Å². The molecule has 6 aromatic carbocycles. The second-order valence-corrected chi connectivity index (χ2v) is 13.3. The predicted octanol–water partition coefficient (Wildman–Crippen LogP) is 9.69. The summed E-state index contributed by atoms with van der Waals surface area (Å²) < 4.78 is 34.3. The Morgan fingerprint density at radius 2 is 0.808 bits per heavy atom. The average Bonchev–Trinajstić information content (AvgIpc) is 3.21. The number of ether oxygens (including phenoxy) is 5. The van der Waals surface area contributed by atoms with E-state index in [9.17, 15) is 0 Å². The largest absolute Gasteiger partial charge is 0.374 e. The van der Waals surface area contributed by atoms with Gasteiger partial charge >= 0.3 is 0 Å². The van der Waals surface area contributed by atoms with Gasteiger partial charge < -0.3 is 23.7 Å². The van der Waals surface area contributed by atoms with Crippen LogP contribution in [0.5, 0.6) is 0 Å². The summed E-state index contributed by atoms with van der Waals surface area (Å²) in [5.41, 5.74) is 7.83. The monoisotopic (exact) mass is 690 g/mol. The lowest BCUT2D eigenvalue weighted by atomic mass is 9.89. The molecule has 7 rings (SSSR count). The molecule has 1 aliphatic heterocycles. The molecule has 5 heteroatoms. The molecule has 1 heterocycles. The minimum absolute atomic E-state index is 0.325. The zero-order valence-electron chi connectivity index (χ0n) is 29.4. The Labute approximate surface area is 307 Å². The SMILES string of the molecule is c1ccc(COC[C@H]2OC(c3cccc(Cc4ccccc4)c3)[C@H](OCc3ccccc3)[C@@H](OCc3ccccc3)C2OCc2ccccc2)cc1. The van der Waals surface area contributed by atoms with Crippen LogP contribution in [0.2, 0.25) is 0 Å². The molecule has 0 amide bonds. The van der Waals surface area contributed by atoms with E-state index in [1.54, 1.807) is 0 Å². The second kappa shape index (κ2) is 18.6. The van der Waals surface area contributed by atoms with Crippen LogP contribution in [0, 0.1) is 0 Å². The molecule has 1 saturated heterocycles. The van der Waals surface area contributed by atoms with Crippen LogP contribution in [0.1, 0.15) is 45.0 Å². The second-order valence-electron chi connectivity index (χ2n) is 13.3. The van der Waals surface area contributed by atoms with Gasteiger partial charge in [-0.3, -0.25) is 0 Å². The molecule has 1 fully saturated rings. The molecule has 0 N–H and O–H groups in total. The van der Waals surface area contributed by atoms with Crippen molar-refractivity contribution >= 4 is 0 Å². The summed E-state index contributed by atoms with van der Waals surface area (Å²) in [5.74, 6) is 0. The summed E-state index contributed by atoms with van der Waals surface area (Å²) in [7, 11) is 0. The van der Waals surface area contributed by atoms with E-state index in [4.69, 9.17) is 23.7 Å². The van der Waals surface area contributed by atoms with Crippen molar-refractivity contribution in [1.82, 2.24) is 0 Å². The summed E-state index contributed by atoms with van der Waals surface area (Å²) in [6, 6.07) is 60.2. The Kier molecular flexibility index (Phi) is 12.7. The van der Waals surface area contributed by atoms with E-state index in [1.807, 2.05) is 72.8 Å². The summed E-state index contributed by atoms with van der Waals surface area (Å²) in [5, 5.41) is 0. The van der Waals surface area contributed by atoms with Crippen molar-refractivity contribution in [3.8, 4) is 0 Å². The molecule has 52 heavy (non-hydrogen) atoms. The third kappa shape index (κ3) is 9.91. The van der Waals surface area contributed by atoms with E-state index >= 15 is 0 Å². The van der Waals surface area contributed by atoms with Gasteiger partial charge in [-0.15, -0.1) is 0 Å². The maximum Gasteiger partial charge on any atom is 0.117 e. The van der Waals surface area contributed by atoms with Crippen LogP contribution in [0.15, 0.2) is 176 Å². The van der Waals surface area contributed by atoms with Crippen molar-refractivity contribution in [3.63, 3.8) is 0 Å². The highest BCUT2D eigenvalue weighted by atomic mass is 16.6. The van der Waals surface area contributed by atoms with E-state index in [0.29, 0.717) is 33.0 Å². The molecular weight excluding hydrogens is 645 g/mol. The van der Waals surface area contributed by atoms with Gasteiger partial charge in [0.05, 0.1) is 33.0 Å². The smallest absolute Gasteiger partial charge is 0.117 e. The van der Waals surface area contributed by atoms with Crippen LogP contribution in [-0.4, -0.2) is 31.0 Å². The van der Waals surface area contributed by atoms with Crippen molar-refractivity contribution in [1.29, 1.82) is 0 Å². The zero-order valence-corrected chi connectivity index (χ0v) is 29.4. The molecule has 0 spiro atoms. The summed E-state index contributed by atoms with van der Waals surface area (Å²) >= 11 is 0. The first-order valence-corrected chi connectivity index (χ1v) is 18.1. The van der Waals surface area contributed by atoms with Crippen LogP contribution in [-0.2, 0) is 56.5 Å². The molecule has 5 nitrogen and oxygen atoms in total. The first-order chi connectivity index (χ1) is 25.8. The minimum Gasteiger partial charge on any atom is -0.374 e. The van der Waals surface area contributed by atoms with Crippen molar-refractivity contribution in [2.24, 2.45) is 0 Å². The minimum atomic E-state index is -0.484. The summed E-state index contributed by atoms with van der Waals surface area (Å²) in [6.07, 6.45) is -1.51. The standard InChI is InChI=1S/C47H46O5/c1-6-17-36(18-7-1)29-41-27-16-28-42(30-41)44-46(50-33-39-23-12-4-13-24-39)47(51-34-40-25-14-5-15-26-40)45(49-32-38-21-10-3-11-22-38)43(52-44)35-48-31-37-19-8-2-9-20-37/h1-28,30,43-47H,29,31-35H2/t43-,44?,45?,46+,47+/m1/s1. The van der Waals surface area contributed by atoms with Gasteiger partial charge in [-0.05, 0) is 45.4 Å². The lowest BCUT2D eigenvalue weighted by Gasteiger charge is -2.46. The molecule has 1 aliphatic rings. The van der Waals surface area contributed by atoms with Crippen LogP contribution in [0.25, 0.3) is 0 Å². The third-order valence-corrected chi connectivity index (χ3v) is 9.41. The molecule has 0 saturated carbocycles. The van der Waals surface area contributed by atoms with E-state index in [-0.39, 0.29) is 0 Å². The lowest BCUT2D eigenvalue weighted by molar-refractivity contribution is -0.275. The number of benzene rings is 6. The molecule has 6 aromatic rings. The molecule has 0 bridgehead atoms. The Balaban J connectivity index is 1.24. The van der Waals surface area contributed by atoms with E-state index in [2.05, 4.69) is 103 Å². The van der Waals surface area contributed by atoms with Crippen molar-refractivity contribution < 1.29 is 23.7 Å². The highest BCUT2D eigenvalue weighted by Crippen LogP contribution is 2.39. The van der Waals surface area contributed by atoms with E-state index in [1.165, 1.54) is 11.1 Å². The van der Waals surface area contributed by atoms with Crippen molar-refractivity contribution in [2.45, 2.75) is 63.4 Å². The van der Waals surface area contributed by atoms with Gasteiger partial charge in [-0.25, -0.2) is 0 Å². The van der Waals surface area contributed by atoms with Crippen molar-refractivity contribution in [2.75, 3.05) is 6.61 Å². The van der Waals surface area contributed by atoms with Gasteiger partial charge in [0.1, 0.15) is 30.5 Å². The molecule has 0 aliphatic carbocycles. The van der Waals surface area contributed by atoms with Gasteiger partial charge in [0.25, 0.3) is 0 Å². The Morgan fingerprint density at radius 1 is 0.385 bits per heavy atom.